The van der Waals surface area contributed by atoms with Crippen molar-refractivity contribution >= 4 is 11.9 Å². The first-order valence-corrected chi connectivity index (χ1v) is 4.13. The van der Waals surface area contributed by atoms with E-state index in [-0.39, 0.29) is 0 Å². The molecule has 0 bridgehead atoms. The molecule has 1 rings (SSSR count). The molecule has 1 aromatic heterocycles. The molecule has 9 heteroatoms. The van der Waals surface area contributed by atoms with Gasteiger partial charge < -0.3 is 15.4 Å². The highest BCUT2D eigenvalue weighted by Crippen LogP contribution is 2.07. The molecular formula is C8H9N3O6. The number of hydrogen-bond acceptors (Lipinski definition) is 6. The number of nitrogens with zero attached hydrogens (tertiary/aromatic N) is 3. The molecule has 1 heterocycles. The highest BCUT2D eigenvalue weighted by molar-refractivity contribution is 5.98. The molecule has 0 radical (unpaired) electrons. The second-order valence-electron chi connectivity index (χ2n) is 2.78. The zero-order valence-corrected chi connectivity index (χ0v) is 8.91. The summed E-state index contributed by atoms with van der Waals surface area (Å²) < 4.78 is 0. The summed E-state index contributed by atoms with van der Waals surface area (Å²) in [6.07, 6.45) is 0. The van der Waals surface area contributed by atoms with Gasteiger partial charge >= 0.3 is 11.9 Å². The third-order valence-corrected chi connectivity index (χ3v) is 1.71. The van der Waals surface area contributed by atoms with E-state index in [0.717, 1.165) is 0 Å². The number of aryl methyl sites for hydroxylation is 2. The van der Waals surface area contributed by atoms with Gasteiger partial charge in [0.15, 0.2) is 16.7 Å². The Bertz CT molecular complexity index is 420. The van der Waals surface area contributed by atoms with E-state index in [1.54, 1.807) is 13.8 Å². The summed E-state index contributed by atoms with van der Waals surface area (Å²) in [5.41, 5.74) is -0.235. The van der Waals surface area contributed by atoms with Crippen LogP contribution >= 0.6 is 0 Å². The predicted molar refractivity (Wildman–Crippen MR) is 53.0 cm³/mol. The lowest BCUT2D eigenvalue weighted by molar-refractivity contribution is 0.0640. The van der Waals surface area contributed by atoms with Crippen LogP contribution in [-0.2, 0) is 0 Å². The van der Waals surface area contributed by atoms with Crippen LogP contribution in [0.25, 0.3) is 0 Å². The summed E-state index contributed by atoms with van der Waals surface area (Å²) in [5, 5.41) is 25.2. The first-order chi connectivity index (χ1) is 7.84. The van der Waals surface area contributed by atoms with Gasteiger partial charge in [0.2, 0.25) is 0 Å². The van der Waals surface area contributed by atoms with E-state index in [2.05, 4.69) is 9.97 Å². The molecule has 0 aliphatic rings. The number of aromatic carboxylic acids is 2. The minimum Gasteiger partial charge on any atom is -0.476 e. The molecule has 0 amide bonds. The maximum Gasteiger partial charge on any atom is 0.357 e. The lowest BCUT2D eigenvalue weighted by atomic mass is 10.2. The molecule has 0 fully saturated rings. The predicted octanol–water partition coefficient (Wildman–Crippen LogP) is 0.632. The fraction of sp³-hybridized carbons (Fsp3) is 0.250. The Morgan fingerprint density at radius 3 is 1.41 bits per heavy atom. The zero-order valence-electron chi connectivity index (χ0n) is 8.91. The smallest absolute Gasteiger partial charge is 0.357 e. The van der Waals surface area contributed by atoms with Crippen molar-refractivity contribution in [1.82, 2.24) is 9.97 Å². The number of carboxylic acids is 2. The molecule has 0 aliphatic carbocycles. The largest absolute Gasteiger partial charge is 0.476 e. The standard InChI is InChI=1S/C8H8N2O4.HNO2/c1-3-4(2)10-6(8(13)14)5(9-3)7(11)12;2-1-3/h1-2H3,(H,11,12)(H,13,14);(H,2,3). The van der Waals surface area contributed by atoms with Crippen LogP contribution in [-0.4, -0.2) is 37.3 Å². The molecule has 0 saturated heterocycles. The fourth-order valence-corrected chi connectivity index (χ4v) is 0.901. The van der Waals surface area contributed by atoms with Crippen LogP contribution in [0.4, 0.5) is 0 Å². The number of carboxylic acid groups (broad SMARTS) is 2. The van der Waals surface area contributed by atoms with Gasteiger partial charge in [0.25, 0.3) is 0 Å². The molecule has 92 valence electrons. The lowest BCUT2D eigenvalue weighted by Gasteiger charge is -2.03. The number of rotatable bonds is 2. The molecule has 0 saturated carbocycles. The van der Waals surface area contributed by atoms with Crippen LogP contribution < -0.4 is 0 Å². The Balaban J connectivity index is 0.000000770. The van der Waals surface area contributed by atoms with Crippen molar-refractivity contribution in [1.29, 1.82) is 0 Å². The van der Waals surface area contributed by atoms with E-state index in [1.807, 2.05) is 0 Å². The van der Waals surface area contributed by atoms with Crippen molar-refractivity contribution in [3.63, 3.8) is 0 Å². The van der Waals surface area contributed by atoms with Crippen LogP contribution in [0.15, 0.2) is 5.34 Å². The first-order valence-electron chi connectivity index (χ1n) is 4.13. The number of aromatic nitrogens is 2. The Labute approximate surface area is 94.7 Å². The second kappa shape index (κ2) is 6.10. The van der Waals surface area contributed by atoms with Gasteiger partial charge in [-0.15, -0.1) is 4.91 Å². The molecule has 0 aromatic carbocycles. The average molecular weight is 243 g/mol. The third-order valence-electron chi connectivity index (χ3n) is 1.71. The Morgan fingerprint density at radius 2 is 1.24 bits per heavy atom. The highest BCUT2D eigenvalue weighted by Gasteiger charge is 2.20. The zero-order chi connectivity index (χ0) is 13.6. The van der Waals surface area contributed by atoms with Gasteiger partial charge in [0, 0.05) is 0 Å². The molecular weight excluding hydrogens is 234 g/mol. The van der Waals surface area contributed by atoms with E-state index in [1.165, 1.54) is 5.34 Å². The number of hydrogen-bond donors (Lipinski definition) is 3. The van der Waals surface area contributed by atoms with Crippen molar-refractivity contribution in [2.45, 2.75) is 13.8 Å². The molecule has 0 spiro atoms. The molecule has 1 aromatic rings. The molecule has 0 aliphatic heterocycles. The lowest BCUT2D eigenvalue weighted by Crippen LogP contribution is -2.15. The van der Waals surface area contributed by atoms with Gasteiger partial charge in [0.1, 0.15) is 0 Å². The Morgan fingerprint density at radius 1 is 1.00 bits per heavy atom. The average Bonchev–Trinajstić information content (AvgIpc) is 2.22. The summed E-state index contributed by atoms with van der Waals surface area (Å²) in [7, 11) is 0. The van der Waals surface area contributed by atoms with E-state index in [4.69, 9.17) is 20.3 Å². The van der Waals surface area contributed by atoms with E-state index >= 15 is 0 Å². The van der Waals surface area contributed by atoms with Crippen LogP contribution in [0, 0.1) is 18.8 Å². The van der Waals surface area contributed by atoms with Crippen molar-refractivity contribution in [2.75, 3.05) is 0 Å². The Hall–Kier alpha value is -2.58. The van der Waals surface area contributed by atoms with E-state index in [9.17, 15) is 9.59 Å². The van der Waals surface area contributed by atoms with Crippen LogP contribution in [0.2, 0.25) is 0 Å². The van der Waals surface area contributed by atoms with E-state index in [0.29, 0.717) is 11.4 Å². The quantitative estimate of drug-likeness (QED) is 0.505. The van der Waals surface area contributed by atoms with Gasteiger partial charge in [-0.1, -0.05) is 0 Å². The van der Waals surface area contributed by atoms with Crippen LogP contribution in [0.1, 0.15) is 32.4 Å². The summed E-state index contributed by atoms with van der Waals surface area (Å²) in [6.45, 7) is 3.14. The minimum atomic E-state index is -1.39. The van der Waals surface area contributed by atoms with Gasteiger partial charge in [-0.3, -0.25) is 0 Å². The van der Waals surface area contributed by atoms with Crippen molar-refractivity contribution in [3.05, 3.63) is 27.7 Å². The maximum absolute atomic E-state index is 10.6. The van der Waals surface area contributed by atoms with Crippen molar-refractivity contribution in [2.24, 2.45) is 5.34 Å². The normalized spacial score (nSPS) is 8.82. The molecule has 0 unspecified atom stereocenters. The van der Waals surface area contributed by atoms with Gasteiger partial charge in [0.05, 0.1) is 11.4 Å². The summed E-state index contributed by atoms with van der Waals surface area (Å²) in [5.74, 6) is -2.78. The van der Waals surface area contributed by atoms with Gasteiger partial charge in [-0.2, -0.15) is 0 Å². The molecule has 3 N–H and O–H groups in total. The van der Waals surface area contributed by atoms with Crippen LogP contribution in [0.5, 0.6) is 0 Å². The van der Waals surface area contributed by atoms with Crippen molar-refractivity contribution in [3.8, 4) is 0 Å². The summed E-state index contributed by atoms with van der Waals surface area (Å²) in [6, 6.07) is 0. The van der Waals surface area contributed by atoms with Gasteiger partial charge in [-0.05, 0) is 13.8 Å². The topological polar surface area (TPSA) is 150 Å². The second-order valence-corrected chi connectivity index (χ2v) is 2.78. The van der Waals surface area contributed by atoms with E-state index < -0.39 is 23.3 Å². The van der Waals surface area contributed by atoms with Crippen LogP contribution in [0.3, 0.4) is 0 Å². The molecule has 9 nitrogen and oxygen atoms in total. The fourth-order valence-electron chi connectivity index (χ4n) is 0.901. The van der Waals surface area contributed by atoms with Crippen molar-refractivity contribution < 1.29 is 25.0 Å². The third kappa shape index (κ3) is 3.81. The molecule has 0 atom stereocenters. The number of carbonyl (C=O) groups is 2. The monoisotopic (exact) mass is 243 g/mol. The summed E-state index contributed by atoms with van der Waals surface area (Å²) >= 11 is 0. The van der Waals surface area contributed by atoms with Gasteiger partial charge in [-0.25, -0.2) is 19.6 Å². The molecule has 17 heavy (non-hydrogen) atoms. The first kappa shape index (κ1) is 14.4. The SMILES string of the molecule is Cc1nc(C(=O)O)c(C(=O)O)nc1C.O=NO. The Kier molecular flexibility index (Phi) is 5.18. The highest BCUT2D eigenvalue weighted by atomic mass is 16.6. The minimum absolute atomic E-state index is 0.410. The summed E-state index contributed by atoms with van der Waals surface area (Å²) in [4.78, 5) is 36.7. The maximum atomic E-state index is 10.6.